The first kappa shape index (κ1) is 17.0. The Morgan fingerprint density at radius 1 is 1.20 bits per heavy atom. The number of hydrogen-bond acceptors (Lipinski definition) is 3. The molecule has 114 valence electrons. The number of likely N-dealkylation sites (N-methyl/N-ethyl adjacent to an activating group) is 1. The fraction of sp³-hybridized carbons (Fsp3) is 0.571. The predicted octanol–water partition coefficient (Wildman–Crippen LogP) is 2.31. The lowest BCUT2D eigenvalue weighted by molar-refractivity contribution is 0.481. The van der Waals surface area contributed by atoms with E-state index < -0.39 is 21.5 Å². The lowest BCUT2D eigenvalue weighted by Gasteiger charge is -2.18. The van der Waals surface area contributed by atoms with Crippen LogP contribution in [0.15, 0.2) is 18.2 Å². The molecule has 1 aromatic rings. The second kappa shape index (κ2) is 7.69. The quantitative estimate of drug-likeness (QED) is 0.801. The zero-order chi connectivity index (χ0) is 15.2. The van der Waals surface area contributed by atoms with E-state index in [2.05, 4.69) is 5.32 Å². The van der Waals surface area contributed by atoms with Crippen LogP contribution in [0.25, 0.3) is 0 Å². The molecular weight excluding hydrogens is 284 g/mol. The predicted molar refractivity (Wildman–Crippen MR) is 76.5 cm³/mol. The molecule has 0 heterocycles. The molecule has 0 saturated heterocycles. The van der Waals surface area contributed by atoms with E-state index in [9.17, 15) is 17.2 Å². The lowest BCUT2D eigenvalue weighted by atomic mass is 10.0. The van der Waals surface area contributed by atoms with Gasteiger partial charge < -0.3 is 5.32 Å². The van der Waals surface area contributed by atoms with Crippen molar-refractivity contribution in [1.29, 1.82) is 0 Å². The van der Waals surface area contributed by atoms with Gasteiger partial charge in [-0.15, -0.1) is 0 Å². The van der Waals surface area contributed by atoms with Gasteiger partial charge in [0.05, 0.1) is 0 Å². The molecule has 3 nitrogen and oxygen atoms in total. The number of rotatable bonds is 8. The first-order chi connectivity index (χ1) is 9.30. The number of benzene rings is 1. The van der Waals surface area contributed by atoms with Crippen molar-refractivity contribution in [3.63, 3.8) is 0 Å². The molecule has 1 aromatic carbocycles. The van der Waals surface area contributed by atoms with Crippen LogP contribution >= 0.6 is 0 Å². The Kier molecular flexibility index (Phi) is 6.55. The van der Waals surface area contributed by atoms with Crippen LogP contribution in [-0.2, 0) is 16.3 Å². The van der Waals surface area contributed by atoms with Gasteiger partial charge in [0.15, 0.2) is 0 Å². The van der Waals surface area contributed by atoms with Crippen molar-refractivity contribution >= 4 is 9.84 Å². The third kappa shape index (κ3) is 6.96. The monoisotopic (exact) mass is 305 g/mol. The van der Waals surface area contributed by atoms with Crippen LogP contribution in [0.2, 0.25) is 0 Å². The van der Waals surface area contributed by atoms with Crippen molar-refractivity contribution < 1.29 is 17.2 Å². The highest BCUT2D eigenvalue weighted by atomic mass is 32.2. The molecule has 0 spiro atoms. The average molecular weight is 305 g/mol. The minimum absolute atomic E-state index is 0.0166. The molecule has 1 N–H and O–H groups in total. The van der Waals surface area contributed by atoms with Crippen LogP contribution in [0.4, 0.5) is 8.78 Å². The lowest BCUT2D eigenvalue weighted by Crippen LogP contribution is -2.31. The van der Waals surface area contributed by atoms with Crippen molar-refractivity contribution in [3.05, 3.63) is 35.4 Å². The molecule has 0 amide bonds. The molecule has 0 fully saturated rings. The van der Waals surface area contributed by atoms with Crippen LogP contribution < -0.4 is 5.32 Å². The van der Waals surface area contributed by atoms with E-state index in [4.69, 9.17) is 0 Å². The Labute approximate surface area is 119 Å². The van der Waals surface area contributed by atoms with Gasteiger partial charge in [-0.05, 0) is 43.5 Å². The van der Waals surface area contributed by atoms with Crippen LogP contribution in [0, 0.1) is 11.6 Å². The molecule has 0 radical (unpaired) electrons. The molecule has 0 aliphatic rings. The van der Waals surface area contributed by atoms with E-state index in [1.54, 1.807) is 0 Å². The highest BCUT2D eigenvalue weighted by Gasteiger charge is 2.12. The summed E-state index contributed by atoms with van der Waals surface area (Å²) in [5.74, 6) is -1.05. The van der Waals surface area contributed by atoms with E-state index >= 15 is 0 Å². The van der Waals surface area contributed by atoms with Crippen molar-refractivity contribution in [1.82, 2.24) is 5.32 Å². The summed E-state index contributed by atoms with van der Waals surface area (Å²) in [5, 5.41) is 3.22. The first-order valence-electron chi connectivity index (χ1n) is 6.66. The largest absolute Gasteiger partial charge is 0.314 e. The Balaban J connectivity index is 2.61. The maximum atomic E-state index is 13.1. The Bertz CT molecular complexity index is 512. The highest BCUT2D eigenvalue weighted by molar-refractivity contribution is 7.90. The van der Waals surface area contributed by atoms with Gasteiger partial charge >= 0.3 is 0 Å². The van der Waals surface area contributed by atoms with E-state index in [0.717, 1.165) is 12.6 Å². The zero-order valence-corrected chi connectivity index (χ0v) is 12.6. The molecule has 1 unspecified atom stereocenters. The van der Waals surface area contributed by atoms with Gasteiger partial charge in [0.25, 0.3) is 0 Å². The second-order valence-corrected chi connectivity index (χ2v) is 7.27. The molecular formula is C14H21F2NO2S. The molecule has 1 atom stereocenters. The summed E-state index contributed by atoms with van der Waals surface area (Å²) in [6, 6.07) is 3.48. The normalized spacial score (nSPS) is 13.4. The number of hydrogen-bond donors (Lipinski definition) is 1. The summed E-state index contributed by atoms with van der Waals surface area (Å²) in [5.41, 5.74) is 0.577. The Morgan fingerprint density at radius 2 is 1.80 bits per heavy atom. The van der Waals surface area contributed by atoms with Gasteiger partial charge in [0, 0.05) is 24.1 Å². The molecule has 6 heteroatoms. The summed E-state index contributed by atoms with van der Waals surface area (Å²) >= 11 is 0. The topological polar surface area (TPSA) is 46.2 Å². The fourth-order valence-electron chi connectivity index (χ4n) is 2.17. The number of sulfone groups is 1. The Hall–Kier alpha value is -1.01. The van der Waals surface area contributed by atoms with E-state index in [-0.39, 0.29) is 11.8 Å². The molecule has 0 aromatic heterocycles. The SMILES string of the molecule is CCNC(CCCS(C)(=O)=O)Cc1cc(F)cc(F)c1. The van der Waals surface area contributed by atoms with Gasteiger partial charge in [-0.1, -0.05) is 6.92 Å². The number of nitrogens with one attached hydrogen (secondary N) is 1. The first-order valence-corrected chi connectivity index (χ1v) is 8.72. The average Bonchev–Trinajstić information content (AvgIpc) is 2.25. The summed E-state index contributed by atoms with van der Waals surface area (Å²) in [7, 11) is -2.97. The van der Waals surface area contributed by atoms with E-state index in [1.807, 2.05) is 6.92 Å². The second-order valence-electron chi connectivity index (χ2n) is 5.01. The van der Waals surface area contributed by atoms with E-state index in [0.29, 0.717) is 24.8 Å². The van der Waals surface area contributed by atoms with Gasteiger partial charge in [-0.3, -0.25) is 0 Å². The summed E-state index contributed by atoms with van der Waals surface area (Å²) in [6.07, 6.45) is 2.87. The Morgan fingerprint density at radius 3 is 2.30 bits per heavy atom. The highest BCUT2D eigenvalue weighted by Crippen LogP contribution is 2.12. The maximum absolute atomic E-state index is 13.1. The van der Waals surface area contributed by atoms with E-state index in [1.165, 1.54) is 18.4 Å². The van der Waals surface area contributed by atoms with Crippen LogP contribution in [-0.4, -0.2) is 33.0 Å². The maximum Gasteiger partial charge on any atom is 0.147 e. The molecule has 0 saturated carbocycles. The molecule has 0 aliphatic heterocycles. The zero-order valence-electron chi connectivity index (χ0n) is 11.8. The van der Waals surface area contributed by atoms with Gasteiger partial charge in [-0.25, -0.2) is 17.2 Å². The summed E-state index contributed by atoms with van der Waals surface area (Å²) in [4.78, 5) is 0. The van der Waals surface area contributed by atoms with Crippen molar-refractivity contribution in [2.24, 2.45) is 0 Å². The molecule has 0 aliphatic carbocycles. The summed E-state index contributed by atoms with van der Waals surface area (Å²) < 4.78 is 48.5. The molecule has 1 rings (SSSR count). The smallest absolute Gasteiger partial charge is 0.147 e. The van der Waals surface area contributed by atoms with Gasteiger partial charge in [0.1, 0.15) is 21.5 Å². The van der Waals surface area contributed by atoms with Crippen LogP contribution in [0.3, 0.4) is 0 Å². The summed E-state index contributed by atoms with van der Waals surface area (Å²) in [6.45, 7) is 2.66. The van der Waals surface area contributed by atoms with Gasteiger partial charge in [-0.2, -0.15) is 0 Å². The third-order valence-corrected chi connectivity index (χ3v) is 4.00. The van der Waals surface area contributed by atoms with Crippen LogP contribution in [0.5, 0.6) is 0 Å². The van der Waals surface area contributed by atoms with Crippen molar-refractivity contribution in [2.75, 3.05) is 18.6 Å². The standard InChI is InChI=1S/C14H21F2NO2S/c1-3-17-14(5-4-6-20(2,18)19)9-11-7-12(15)10-13(16)8-11/h7-8,10,14,17H,3-6,9H2,1-2H3. The van der Waals surface area contributed by atoms with Crippen molar-refractivity contribution in [3.8, 4) is 0 Å². The minimum Gasteiger partial charge on any atom is -0.314 e. The van der Waals surface area contributed by atoms with Crippen LogP contribution in [0.1, 0.15) is 25.3 Å². The third-order valence-electron chi connectivity index (χ3n) is 2.96. The van der Waals surface area contributed by atoms with Gasteiger partial charge in [0.2, 0.25) is 0 Å². The molecule has 0 bridgehead atoms. The van der Waals surface area contributed by atoms with Crippen molar-refractivity contribution in [2.45, 2.75) is 32.2 Å². The fourth-order valence-corrected chi connectivity index (χ4v) is 2.86. The molecule has 20 heavy (non-hydrogen) atoms. The number of halogens is 2. The minimum atomic E-state index is -2.97.